The first kappa shape index (κ1) is 12.6. The van der Waals surface area contributed by atoms with Crippen LogP contribution in [-0.2, 0) is 4.79 Å². The third-order valence-corrected chi connectivity index (χ3v) is 2.09. The Hall–Kier alpha value is -0.410. The summed E-state index contributed by atoms with van der Waals surface area (Å²) in [7, 11) is 0. The Bertz CT molecular complexity index is 169. The number of aliphatic hydroxyl groups is 2. The normalized spacial score (nSPS) is 16.8. The van der Waals surface area contributed by atoms with E-state index in [9.17, 15) is 15.0 Å². The maximum absolute atomic E-state index is 11.4. The van der Waals surface area contributed by atoms with Crippen molar-refractivity contribution in [2.45, 2.75) is 52.7 Å². The van der Waals surface area contributed by atoms with Crippen molar-refractivity contribution in [1.29, 1.82) is 0 Å². The second kappa shape index (κ2) is 4.72. The maximum atomic E-state index is 11.4. The molecule has 0 aliphatic rings. The van der Waals surface area contributed by atoms with Gasteiger partial charge in [-0.25, -0.2) is 0 Å². The molecule has 0 bridgehead atoms. The summed E-state index contributed by atoms with van der Waals surface area (Å²) in [5.74, 6) is -0.0208. The zero-order valence-corrected chi connectivity index (χ0v) is 8.87. The molecular weight excluding hydrogens is 168 g/mol. The van der Waals surface area contributed by atoms with E-state index in [2.05, 4.69) is 0 Å². The molecule has 0 unspecified atom stereocenters. The molecule has 2 N–H and O–H groups in total. The van der Waals surface area contributed by atoms with Crippen LogP contribution in [0.2, 0.25) is 0 Å². The number of hydrogen-bond donors (Lipinski definition) is 2. The smallest absolute Gasteiger partial charge is 0.140 e. The maximum Gasteiger partial charge on any atom is 0.140 e. The summed E-state index contributed by atoms with van der Waals surface area (Å²) in [5, 5.41) is 18.6. The minimum Gasteiger partial charge on any atom is -0.390 e. The average Bonchev–Trinajstić information content (AvgIpc) is 2.01. The van der Waals surface area contributed by atoms with Crippen molar-refractivity contribution in [3.63, 3.8) is 0 Å². The fourth-order valence-electron chi connectivity index (χ4n) is 0.904. The monoisotopic (exact) mass is 188 g/mol. The predicted molar refractivity (Wildman–Crippen MR) is 51.4 cm³/mol. The average molecular weight is 188 g/mol. The van der Waals surface area contributed by atoms with Gasteiger partial charge in [-0.2, -0.15) is 0 Å². The molecule has 3 nitrogen and oxygen atoms in total. The van der Waals surface area contributed by atoms with E-state index in [1.807, 2.05) is 0 Å². The van der Waals surface area contributed by atoms with Gasteiger partial charge in [0, 0.05) is 11.8 Å². The van der Waals surface area contributed by atoms with E-state index in [4.69, 9.17) is 0 Å². The van der Waals surface area contributed by atoms with Crippen molar-refractivity contribution < 1.29 is 15.0 Å². The molecule has 0 heterocycles. The Labute approximate surface area is 79.8 Å². The first-order chi connectivity index (χ1) is 5.79. The molecule has 0 radical (unpaired) electrons. The topological polar surface area (TPSA) is 57.5 Å². The molecule has 0 fully saturated rings. The Balaban J connectivity index is 4.07. The number of ketones is 1. The fourth-order valence-corrected chi connectivity index (χ4v) is 0.904. The molecule has 3 heteroatoms. The predicted octanol–water partition coefficient (Wildman–Crippen LogP) is 1.12. The summed E-state index contributed by atoms with van der Waals surface area (Å²) in [5.41, 5.74) is -0.436. The highest BCUT2D eigenvalue weighted by Crippen LogP contribution is 2.18. The zero-order chi connectivity index (χ0) is 10.6. The van der Waals surface area contributed by atoms with E-state index in [1.54, 1.807) is 27.7 Å². The molecular formula is C10H20O3. The number of hydrogen-bond acceptors (Lipinski definition) is 3. The van der Waals surface area contributed by atoms with Gasteiger partial charge in [-0.3, -0.25) is 4.79 Å². The van der Waals surface area contributed by atoms with Crippen molar-refractivity contribution in [1.82, 2.24) is 0 Å². The van der Waals surface area contributed by atoms with Gasteiger partial charge in [0.2, 0.25) is 0 Å². The van der Waals surface area contributed by atoms with Gasteiger partial charge in [0.25, 0.3) is 0 Å². The van der Waals surface area contributed by atoms with Gasteiger partial charge in [0.15, 0.2) is 0 Å². The molecule has 0 amide bonds. The van der Waals surface area contributed by atoms with Crippen LogP contribution in [0.5, 0.6) is 0 Å². The third-order valence-electron chi connectivity index (χ3n) is 2.09. The molecule has 0 rings (SSSR count). The Morgan fingerprint density at radius 3 is 2.00 bits per heavy atom. The molecule has 0 aliphatic heterocycles. The van der Waals surface area contributed by atoms with E-state index in [-0.39, 0.29) is 12.2 Å². The minimum absolute atomic E-state index is 0.0208. The number of Topliss-reactive ketones (excluding diaryl/α,β-unsaturated/α-hetero) is 1. The van der Waals surface area contributed by atoms with Crippen LogP contribution in [0.15, 0.2) is 0 Å². The fraction of sp³-hybridized carbons (Fsp3) is 0.900. The Morgan fingerprint density at radius 1 is 1.23 bits per heavy atom. The van der Waals surface area contributed by atoms with Crippen LogP contribution in [0, 0.1) is 5.41 Å². The van der Waals surface area contributed by atoms with Crippen LogP contribution < -0.4 is 0 Å². The molecule has 0 saturated heterocycles. The lowest BCUT2D eigenvalue weighted by Gasteiger charge is -2.21. The minimum atomic E-state index is -0.920. The highest BCUT2D eigenvalue weighted by atomic mass is 16.3. The van der Waals surface area contributed by atoms with E-state index in [1.165, 1.54) is 0 Å². The SMILES string of the molecule is CC[C@H](O)[C@H](O)CC(=O)C(C)(C)C. The quantitative estimate of drug-likeness (QED) is 0.695. The van der Waals surface area contributed by atoms with Gasteiger partial charge in [0.1, 0.15) is 5.78 Å². The van der Waals surface area contributed by atoms with Crippen LogP contribution in [-0.4, -0.2) is 28.2 Å². The summed E-state index contributed by atoms with van der Waals surface area (Å²) in [6.45, 7) is 7.19. The second-order valence-corrected chi connectivity index (χ2v) is 4.42. The first-order valence-electron chi connectivity index (χ1n) is 4.68. The van der Waals surface area contributed by atoms with Crippen LogP contribution in [0.25, 0.3) is 0 Å². The summed E-state index contributed by atoms with van der Waals surface area (Å²) in [4.78, 5) is 11.4. The van der Waals surface area contributed by atoms with Crippen LogP contribution >= 0.6 is 0 Å². The number of rotatable bonds is 4. The summed E-state index contributed by atoms with van der Waals surface area (Å²) in [6, 6.07) is 0. The lowest BCUT2D eigenvalue weighted by Crippen LogP contribution is -2.32. The van der Waals surface area contributed by atoms with E-state index < -0.39 is 17.6 Å². The molecule has 78 valence electrons. The van der Waals surface area contributed by atoms with Crippen LogP contribution in [0.4, 0.5) is 0 Å². The molecule has 2 atom stereocenters. The molecule has 0 spiro atoms. The van der Waals surface area contributed by atoms with Gasteiger partial charge in [0.05, 0.1) is 12.2 Å². The Kier molecular flexibility index (Phi) is 4.57. The Morgan fingerprint density at radius 2 is 1.69 bits per heavy atom. The highest BCUT2D eigenvalue weighted by Gasteiger charge is 2.26. The molecule has 0 aromatic rings. The molecule has 0 aliphatic carbocycles. The van der Waals surface area contributed by atoms with E-state index >= 15 is 0 Å². The van der Waals surface area contributed by atoms with E-state index in [0.29, 0.717) is 6.42 Å². The summed E-state index contributed by atoms with van der Waals surface area (Å²) < 4.78 is 0. The number of carbonyl (C=O) groups excluding carboxylic acids is 1. The molecule has 0 saturated carbocycles. The third kappa shape index (κ3) is 4.39. The van der Waals surface area contributed by atoms with Gasteiger partial charge >= 0.3 is 0 Å². The first-order valence-corrected chi connectivity index (χ1v) is 4.68. The van der Waals surface area contributed by atoms with Crippen molar-refractivity contribution in [3.8, 4) is 0 Å². The van der Waals surface area contributed by atoms with Crippen molar-refractivity contribution >= 4 is 5.78 Å². The molecule has 0 aromatic carbocycles. The second-order valence-electron chi connectivity index (χ2n) is 4.42. The summed E-state index contributed by atoms with van der Waals surface area (Å²) in [6.07, 6.45) is -1.19. The van der Waals surface area contributed by atoms with Gasteiger partial charge in [-0.05, 0) is 6.42 Å². The van der Waals surface area contributed by atoms with Crippen molar-refractivity contribution in [2.24, 2.45) is 5.41 Å². The van der Waals surface area contributed by atoms with Crippen molar-refractivity contribution in [3.05, 3.63) is 0 Å². The van der Waals surface area contributed by atoms with Gasteiger partial charge in [-0.15, -0.1) is 0 Å². The zero-order valence-electron chi connectivity index (χ0n) is 8.87. The van der Waals surface area contributed by atoms with Gasteiger partial charge in [-0.1, -0.05) is 27.7 Å². The largest absolute Gasteiger partial charge is 0.390 e. The summed E-state index contributed by atoms with van der Waals surface area (Å²) >= 11 is 0. The lowest BCUT2D eigenvalue weighted by molar-refractivity contribution is -0.130. The van der Waals surface area contributed by atoms with Crippen LogP contribution in [0.1, 0.15) is 40.5 Å². The van der Waals surface area contributed by atoms with Crippen molar-refractivity contribution in [2.75, 3.05) is 0 Å². The number of aliphatic hydroxyl groups excluding tert-OH is 2. The molecule has 0 aromatic heterocycles. The standard InChI is InChI=1S/C10H20O3/c1-5-7(11)8(12)6-9(13)10(2,3)4/h7-8,11-12H,5-6H2,1-4H3/t7-,8+/m0/s1. The number of carbonyl (C=O) groups is 1. The lowest BCUT2D eigenvalue weighted by atomic mass is 9.86. The highest BCUT2D eigenvalue weighted by molar-refractivity contribution is 5.84. The van der Waals surface area contributed by atoms with Crippen LogP contribution in [0.3, 0.4) is 0 Å². The molecule has 13 heavy (non-hydrogen) atoms. The van der Waals surface area contributed by atoms with Gasteiger partial charge < -0.3 is 10.2 Å². The van der Waals surface area contributed by atoms with E-state index in [0.717, 1.165) is 0 Å².